The Morgan fingerprint density at radius 3 is 2.14 bits per heavy atom. The van der Waals surface area contributed by atoms with E-state index in [0.29, 0.717) is 0 Å². The monoisotopic (exact) mass is 377 g/mol. The van der Waals surface area contributed by atoms with Gasteiger partial charge in [-0.3, -0.25) is 5.32 Å². The summed E-state index contributed by atoms with van der Waals surface area (Å²) in [6.45, 7) is 0.0834. The summed E-state index contributed by atoms with van der Waals surface area (Å²) in [7, 11) is 0. The minimum Gasteiger partial charge on any atom is -0.478 e. The van der Waals surface area contributed by atoms with E-state index >= 15 is 0 Å². The molecule has 0 spiro atoms. The molecule has 0 bridgehead atoms. The highest BCUT2D eigenvalue weighted by molar-refractivity contribution is 5.92. The van der Waals surface area contributed by atoms with Gasteiger partial charge in [-0.05, 0) is 34.4 Å². The molecule has 0 fully saturated rings. The normalized spacial score (nSPS) is 12.2. The topological polar surface area (TPSA) is 75.6 Å². The Bertz CT molecular complexity index is 1030. The zero-order valence-corrected chi connectivity index (χ0v) is 14.7. The van der Waals surface area contributed by atoms with Crippen molar-refractivity contribution < 1.29 is 23.8 Å². The second-order valence-corrected chi connectivity index (χ2v) is 6.42. The Morgan fingerprint density at radius 2 is 1.54 bits per heavy atom. The lowest BCUT2D eigenvalue weighted by Crippen LogP contribution is -2.19. The molecule has 3 aromatic rings. The zero-order chi connectivity index (χ0) is 19.7. The molecule has 6 heteroatoms. The molecule has 4 rings (SSSR count). The number of hydrogen-bond donors (Lipinski definition) is 2. The van der Waals surface area contributed by atoms with Crippen LogP contribution < -0.4 is 5.32 Å². The van der Waals surface area contributed by atoms with Gasteiger partial charge in [-0.1, -0.05) is 54.6 Å². The molecule has 0 radical (unpaired) electrons. The van der Waals surface area contributed by atoms with E-state index in [2.05, 4.69) is 5.32 Å². The Kier molecular flexibility index (Phi) is 4.53. The number of rotatable bonds is 4. The molecule has 140 valence electrons. The van der Waals surface area contributed by atoms with Crippen molar-refractivity contribution >= 4 is 17.7 Å². The van der Waals surface area contributed by atoms with E-state index < -0.39 is 23.4 Å². The molecule has 2 N–H and O–H groups in total. The van der Waals surface area contributed by atoms with Crippen LogP contribution in [0, 0.1) is 5.82 Å². The number of nitrogens with one attached hydrogen (secondary N) is 1. The number of ether oxygens (including phenoxy) is 1. The van der Waals surface area contributed by atoms with Crippen LogP contribution in [-0.4, -0.2) is 23.8 Å². The first-order valence-electron chi connectivity index (χ1n) is 8.70. The van der Waals surface area contributed by atoms with Gasteiger partial charge in [0.2, 0.25) is 0 Å². The summed E-state index contributed by atoms with van der Waals surface area (Å²) in [6.07, 6.45) is -0.844. The molecule has 28 heavy (non-hydrogen) atoms. The first kappa shape index (κ1) is 17.7. The molecule has 0 heterocycles. The average molecular weight is 377 g/mol. The number of anilines is 1. The number of fused-ring (bicyclic) bond motifs is 3. The Hall–Kier alpha value is -3.67. The van der Waals surface area contributed by atoms with E-state index in [4.69, 9.17) is 9.84 Å². The second kappa shape index (κ2) is 7.15. The number of benzene rings is 3. The third-order valence-corrected chi connectivity index (χ3v) is 4.81. The molecular formula is C22H16FNO4. The SMILES string of the molecule is O=C(Nc1cccc(C(=O)O)c1F)OCC1c2ccccc2-c2ccccc21. The quantitative estimate of drug-likeness (QED) is 0.679. The van der Waals surface area contributed by atoms with Gasteiger partial charge >= 0.3 is 12.1 Å². The van der Waals surface area contributed by atoms with Crippen LogP contribution in [0.2, 0.25) is 0 Å². The van der Waals surface area contributed by atoms with Crippen LogP contribution in [0.1, 0.15) is 27.4 Å². The van der Waals surface area contributed by atoms with E-state index in [1.54, 1.807) is 0 Å². The van der Waals surface area contributed by atoms with Crippen LogP contribution in [0.25, 0.3) is 11.1 Å². The number of carboxylic acid groups (broad SMARTS) is 1. The lowest BCUT2D eigenvalue weighted by molar-refractivity contribution is 0.0692. The van der Waals surface area contributed by atoms with Crippen molar-refractivity contribution in [2.75, 3.05) is 11.9 Å². The molecule has 0 unspecified atom stereocenters. The predicted octanol–water partition coefficient (Wildman–Crippen LogP) is 4.88. The zero-order valence-electron chi connectivity index (χ0n) is 14.7. The molecule has 0 saturated carbocycles. The summed E-state index contributed by atoms with van der Waals surface area (Å²) in [5.41, 5.74) is 3.58. The third kappa shape index (κ3) is 3.09. The fourth-order valence-corrected chi connectivity index (χ4v) is 3.54. The van der Waals surface area contributed by atoms with Gasteiger partial charge in [-0.15, -0.1) is 0 Å². The summed E-state index contributed by atoms with van der Waals surface area (Å²) in [4.78, 5) is 23.2. The van der Waals surface area contributed by atoms with Crippen molar-refractivity contribution in [2.24, 2.45) is 0 Å². The van der Waals surface area contributed by atoms with Gasteiger partial charge in [0.05, 0.1) is 11.3 Å². The number of aromatic carboxylic acids is 1. The lowest BCUT2D eigenvalue weighted by atomic mass is 9.98. The Labute approximate surface area is 160 Å². The maximum Gasteiger partial charge on any atom is 0.411 e. The highest BCUT2D eigenvalue weighted by Crippen LogP contribution is 2.44. The van der Waals surface area contributed by atoms with Gasteiger partial charge < -0.3 is 9.84 Å². The van der Waals surface area contributed by atoms with Gasteiger partial charge in [-0.2, -0.15) is 0 Å². The van der Waals surface area contributed by atoms with E-state index in [0.717, 1.165) is 28.3 Å². The summed E-state index contributed by atoms with van der Waals surface area (Å²) >= 11 is 0. The molecule has 0 aromatic heterocycles. The van der Waals surface area contributed by atoms with E-state index in [-0.39, 0.29) is 18.2 Å². The summed E-state index contributed by atoms with van der Waals surface area (Å²) in [5.74, 6) is -2.54. The number of hydrogen-bond acceptors (Lipinski definition) is 3. The second-order valence-electron chi connectivity index (χ2n) is 6.42. The first-order valence-corrected chi connectivity index (χ1v) is 8.70. The van der Waals surface area contributed by atoms with Gasteiger partial charge in [0.15, 0.2) is 5.82 Å². The van der Waals surface area contributed by atoms with E-state index in [1.807, 2.05) is 48.5 Å². The molecule has 1 aliphatic rings. The van der Waals surface area contributed by atoms with Gasteiger partial charge in [0, 0.05) is 5.92 Å². The van der Waals surface area contributed by atoms with Crippen LogP contribution in [0.15, 0.2) is 66.7 Å². The molecule has 0 atom stereocenters. The lowest BCUT2D eigenvalue weighted by Gasteiger charge is -2.15. The van der Waals surface area contributed by atoms with Crippen molar-refractivity contribution in [3.05, 3.63) is 89.2 Å². The molecule has 0 aliphatic heterocycles. The van der Waals surface area contributed by atoms with Crippen molar-refractivity contribution in [2.45, 2.75) is 5.92 Å². The standard InChI is InChI=1S/C22H16FNO4/c23-20-17(21(25)26)10-5-11-19(20)24-22(27)28-12-18-15-8-3-1-6-13(15)14-7-2-4-9-16(14)18/h1-11,18H,12H2,(H,24,27)(H,25,26). The highest BCUT2D eigenvalue weighted by atomic mass is 19.1. The van der Waals surface area contributed by atoms with Crippen LogP contribution in [0.4, 0.5) is 14.9 Å². The van der Waals surface area contributed by atoms with Gasteiger partial charge in [-0.25, -0.2) is 14.0 Å². The first-order chi connectivity index (χ1) is 13.6. The minimum atomic E-state index is -1.41. The van der Waals surface area contributed by atoms with E-state index in [1.165, 1.54) is 12.1 Å². The Morgan fingerprint density at radius 1 is 0.929 bits per heavy atom. The molecule has 5 nitrogen and oxygen atoms in total. The van der Waals surface area contributed by atoms with Crippen LogP contribution in [0.3, 0.4) is 0 Å². The maximum absolute atomic E-state index is 14.2. The fourth-order valence-electron chi connectivity index (χ4n) is 3.54. The average Bonchev–Trinajstić information content (AvgIpc) is 3.02. The van der Waals surface area contributed by atoms with Crippen molar-refractivity contribution in [3.8, 4) is 11.1 Å². The summed E-state index contributed by atoms with van der Waals surface area (Å²) in [5, 5.41) is 11.3. The fraction of sp³-hybridized carbons (Fsp3) is 0.0909. The van der Waals surface area contributed by atoms with Gasteiger partial charge in [0.25, 0.3) is 0 Å². The van der Waals surface area contributed by atoms with Gasteiger partial charge in [0.1, 0.15) is 6.61 Å². The molecule has 1 amide bonds. The molecule has 0 saturated heterocycles. The predicted molar refractivity (Wildman–Crippen MR) is 102 cm³/mol. The third-order valence-electron chi connectivity index (χ3n) is 4.81. The van der Waals surface area contributed by atoms with Crippen LogP contribution in [0.5, 0.6) is 0 Å². The van der Waals surface area contributed by atoms with Crippen molar-refractivity contribution in [3.63, 3.8) is 0 Å². The molecule has 3 aromatic carbocycles. The highest BCUT2D eigenvalue weighted by Gasteiger charge is 2.29. The van der Waals surface area contributed by atoms with Crippen LogP contribution >= 0.6 is 0 Å². The number of carbonyl (C=O) groups excluding carboxylic acids is 1. The largest absolute Gasteiger partial charge is 0.478 e. The molecular weight excluding hydrogens is 361 g/mol. The number of halogens is 1. The van der Waals surface area contributed by atoms with Crippen molar-refractivity contribution in [1.82, 2.24) is 0 Å². The smallest absolute Gasteiger partial charge is 0.411 e. The summed E-state index contributed by atoms with van der Waals surface area (Å²) < 4.78 is 19.5. The number of carboxylic acids is 1. The minimum absolute atomic E-state index is 0.0834. The summed E-state index contributed by atoms with van der Waals surface area (Å²) in [6, 6.07) is 19.6. The van der Waals surface area contributed by atoms with Crippen LogP contribution in [-0.2, 0) is 4.74 Å². The van der Waals surface area contributed by atoms with Crippen molar-refractivity contribution in [1.29, 1.82) is 0 Å². The molecule has 1 aliphatic carbocycles. The maximum atomic E-state index is 14.2. The number of carbonyl (C=O) groups is 2. The number of amides is 1. The van der Waals surface area contributed by atoms with E-state index in [9.17, 15) is 14.0 Å². The Balaban J connectivity index is 1.50.